The minimum Gasteiger partial charge on any atom is -0.456 e. The standard InChI is InChI=1S/C34H20O2/c1-3-9-21(10-4-1)23-19-27(22-11-5-2-6-12-22)34-28(20-23)33-25-15-17-30-32(24(25)16-18-31(33)36-34)26-13-7-8-14-29(26)35-30/h1-20H. The Kier molecular flexibility index (Phi) is 3.97. The van der Waals surface area contributed by atoms with E-state index in [1.165, 1.54) is 21.9 Å². The number of furan rings is 2. The van der Waals surface area contributed by atoms with Crippen molar-refractivity contribution >= 4 is 54.6 Å². The van der Waals surface area contributed by atoms with Crippen LogP contribution in [-0.2, 0) is 0 Å². The lowest BCUT2D eigenvalue weighted by molar-refractivity contribution is 0.668. The summed E-state index contributed by atoms with van der Waals surface area (Å²) >= 11 is 0. The molecule has 0 unspecified atom stereocenters. The van der Waals surface area contributed by atoms with Gasteiger partial charge in [0, 0.05) is 27.1 Å². The maximum Gasteiger partial charge on any atom is 0.143 e. The van der Waals surface area contributed by atoms with E-state index in [0.29, 0.717) is 0 Å². The lowest BCUT2D eigenvalue weighted by Crippen LogP contribution is -1.83. The zero-order valence-electron chi connectivity index (χ0n) is 19.4. The summed E-state index contributed by atoms with van der Waals surface area (Å²) in [5, 5.41) is 6.92. The van der Waals surface area contributed by atoms with Crippen LogP contribution in [0.1, 0.15) is 0 Å². The van der Waals surface area contributed by atoms with Crippen LogP contribution in [0.2, 0.25) is 0 Å². The Bertz CT molecular complexity index is 2080. The minimum atomic E-state index is 0.895. The van der Waals surface area contributed by atoms with Crippen molar-refractivity contribution in [2.75, 3.05) is 0 Å². The summed E-state index contributed by atoms with van der Waals surface area (Å²) in [6.07, 6.45) is 0. The Labute approximate surface area is 207 Å². The van der Waals surface area contributed by atoms with Gasteiger partial charge in [0.1, 0.15) is 22.3 Å². The van der Waals surface area contributed by atoms with E-state index >= 15 is 0 Å². The summed E-state index contributed by atoms with van der Waals surface area (Å²) in [5.74, 6) is 0. The Balaban J connectivity index is 1.55. The summed E-state index contributed by atoms with van der Waals surface area (Å²) in [6.45, 7) is 0. The summed E-state index contributed by atoms with van der Waals surface area (Å²) in [5.41, 5.74) is 8.25. The first-order valence-electron chi connectivity index (χ1n) is 12.2. The quantitative estimate of drug-likeness (QED) is 0.256. The molecular formula is C34H20O2. The number of hydrogen-bond acceptors (Lipinski definition) is 2. The topological polar surface area (TPSA) is 26.3 Å². The fourth-order valence-electron chi connectivity index (χ4n) is 5.64. The SMILES string of the molecule is c1ccc(-c2cc(-c3ccccc3)c3oc4ccc5c(ccc6oc7ccccc7c65)c4c3c2)cc1. The van der Waals surface area contributed by atoms with Crippen LogP contribution in [0.25, 0.3) is 76.9 Å². The average Bonchev–Trinajstić information content (AvgIpc) is 3.52. The van der Waals surface area contributed by atoms with Gasteiger partial charge in [-0.25, -0.2) is 0 Å². The van der Waals surface area contributed by atoms with Crippen LogP contribution in [0.3, 0.4) is 0 Å². The van der Waals surface area contributed by atoms with Gasteiger partial charge in [-0.1, -0.05) is 78.9 Å². The van der Waals surface area contributed by atoms with E-state index in [1.54, 1.807) is 0 Å². The summed E-state index contributed by atoms with van der Waals surface area (Å²) in [4.78, 5) is 0. The van der Waals surface area contributed by atoms with E-state index in [4.69, 9.17) is 8.83 Å². The van der Waals surface area contributed by atoms with Crippen molar-refractivity contribution in [1.82, 2.24) is 0 Å². The molecule has 0 aliphatic heterocycles. The first-order chi connectivity index (χ1) is 17.8. The largest absolute Gasteiger partial charge is 0.456 e. The molecule has 0 amide bonds. The molecular weight excluding hydrogens is 440 g/mol. The van der Waals surface area contributed by atoms with Gasteiger partial charge in [0.05, 0.1) is 0 Å². The fraction of sp³-hybridized carbons (Fsp3) is 0. The molecule has 0 atom stereocenters. The van der Waals surface area contributed by atoms with Crippen LogP contribution in [-0.4, -0.2) is 0 Å². The molecule has 2 heterocycles. The minimum absolute atomic E-state index is 0.895. The highest BCUT2D eigenvalue weighted by atomic mass is 16.3. The van der Waals surface area contributed by atoms with Gasteiger partial charge in [0.15, 0.2) is 0 Å². The molecule has 0 aliphatic rings. The molecule has 0 fully saturated rings. The van der Waals surface area contributed by atoms with Crippen molar-refractivity contribution in [2.24, 2.45) is 0 Å². The van der Waals surface area contributed by atoms with Gasteiger partial charge >= 0.3 is 0 Å². The smallest absolute Gasteiger partial charge is 0.143 e. The summed E-state index contributed by atoms with van der Waals surface area (Å²) in [7, 11) is 0. The highest BCUT2D eigenvalue weighted by Crippen LogP contribution is 2.44. The molecule has 0 spiro atoms. The van der Waals surface area contributed by atoms with Gasteiger partial charge < -0.3 is 8.83 Å². The lowest BCUT2D eigenvalue weighted by atomic mass is 9.94. The third-order valence-corrected chi connectivity index (χ3v) is 7.26. The fourth-order valence-corrected chi connectivity index (χ4v) is 5.64. The van der Waals surface area contributed by atoms with Crippen molar-refractivity contribution in [3.63, 3.8) is 0 Å². The lowest BCUT2D eigenvalue weighted by Gasteiger charge is -2.08. The van der Waals surface area contributed by atoms with Crippen LogP contribution in [0, 0.1) is 0 Å². The van der Waals surface area contributed by atoms with E-state index in [0.717, 1.165) is 55.0 Å². The van der Waals surface area contributed by atoms with Crippen LogP contribution >= 0.6 is 0 Å². The van der Waals surface area contributed by atoms with E-state index in [9.17, 15) is 0 Å². The van der Waals surface area contributed by atoms with Crippen LogP contribution in [0.4, 0.5) is 0 Å². The first-order valence-corrected chi connectivity index (χ1v) is 12.2. The Hall–Kier alpha value is -4.82. The van der Waals surface area contributed by atoms with Gasteiger partial charge in [-0.05, 0) is 69.9 Å². The molecule has 8 aromatic rings. The number of fused-ring (bicyclic) bond motifs is 9. The third kappa shape index (κ3) is 2.73. The predicted molar refractivity (Wildman–Crippen MR) is 149 cm³/mol. The van der Waals surface area contributed by atoms with E-state index in [1.807, 2.05) is 18.2 Å². The zero-order chi connectivity index (χ0) is 23.6. The van der Waals surface area contributed by atoms with Crippen LogP contribution < -0.4 is 0 Å². The van der Waals surface area contributed by atoms with Crippen LogP contribution in [0.5, 0.6) is 0 Å². The predicted octanol–water partition coefficient (Wildman–Crippen LogP) is 9.97. The second-order valence-corrected chi connectivity index (χ2v) is 9.31. The molecule has 2 heteroatoms. The van der Waals surface area contributed by atoms with Crippen molar-refractivity contribution in [1.29, 1.82) is 0 Å². The normalized spacial score (nSPS) is 11.9. The number of hydrogen-bond donors (Lipinski definition) is 0. The van der Waals surface area contributed by atoms with E-state index in [-0.39, 0.29) is 0 Å². The maximum absolute atomic E-state index is 6.59. The van der Waals surface area contributed by atoms with Crippen molar-refractivity contribution in [3.05, 3.63) is 121 Å². The van der Waals surface area contributed by atoms with Crippen LogP contribution in [0.15, 0.2) is 130 Å². The van der Waals surface area contributed by atoms with Gasteiger partial charge in [-0.3, -0.25) is 0 Å². The van der Waals surface area contributed by atoms with E-state index in [2.05, 4.69) is 103 Å². The van der Waals surface area contributed by atoms with Gasteiger partial charge in [0.2, 0.25) is 0 Å². The van der Waals surface area contributed by atoms with Crippen molar-refractivity contribution in [3.8, 4) is 22.3 Å². The molecule has 0 saturated heterocycles. The Morgan fingerprint density at radius 1 is 0.361 bits per heavy atom. The monoisotopic (exact) mass is 460 g/mol. The number of rotatable bonds is 2. The molecule has 2 aromatic heterocycles. The zero-order valence-corrected chi connectivity index (χ0v) is 19.4. The van der Waals surface area contributed by atoms with Gasteiger partial charge in [0.25, 0.3) is 0 Å². The molecule has 0 saturated carbocycles. The Morgan fingerprint density at radius 3 is 1.72 bits per heavy atom. The molecule has 8 rings (SSSR count). The molecule has 168 valence electrons. The third-order valence-electron chi connectivity index (χ3n) is 7.26. The molecule has 0 radical (unpaired) electrons. The number of para-hydroxylation sites is 1. The highest BCUT2D eigenvalue weighted by molar-refractivity contribution is 6.28. The molecule has 36 heavy (non-hydrogen) atoms. The number of benzene rings is 6. The molecule has 0 N–H and O–H groups in total. The second kappa shape index (κ2) is 7.34. The Morgan fingerprint density at radius 2 is 0.972 bits per heavy atom. The molecule has 0 bridgehead atoms. The van der Waals surface area contributed by atoms with Crippen molar-refractivity contribution in [2.45, 2.75) is 0 Å². The molecule has 2 nitrogen and oxygen atoms in total. The second-order valence-electron chi connectivity index (χ2n) is 9.31. The summed E-state index contributed by atoms with van der Waals surface area (Å²) in [6, 6.07) is 42.4. The molecule has 6 aromatic carbocycles. The van der Waals surface area contributed by atoms with Crippen molar-refractivity contribution < 1.29 is 8.83 Å². The first kappa shape index (κ1) is 19.5. The highest BCUT2D eigenvalue weighted by Gasteiger charge is 2.19. The summed E-state index contributed by atoms with van der Waals surface area (Å²) < 4.78 is 12.8. The van der Waals surface area contributed by atoms with Gasteiger partial charge in [-0.2, -0.15) is 0 Å². The maximum atomic E-state index is 6.59. The molecule has 0 aliphatic carbocycles. The average molecular weight is 461 g/mol. The van der Waals surface area contributed by atoms with Gasteiger partial charge in [-0.15, -0.1) is 0 Å². The van der Waals surface area contributed by atoms with E-state index < -0.39 is 0 Å².